The number of carbonyl (C=O) groups excluding carboxylic acids is 1. The summed E-state index contributed by atoms with van der Waals surface area (Å²) in [7, 11) is 1.33. The summed E-state index contributed by atoms with van der Waals surface area (Å²) in [6, 6.07) is 10.9. The van der Waals surface area contributed by atoms with E-state index < -0.39 is 17.4 Å². The van der Waals surface area contributed by atoms with Gasteiger partial charge in [0.2, 0.25) is 5.82 Å². The van der Waals surface area contributed by atoms with E-state index in [-0.39, 0.29) is 35.4 Å². The predicted molar refractivity (Wildman–Crippen MR) is 188 cm³/mol. The van der Waals surface area contributed by atoms with Crippen LogP contribution in [0.5, 0.6) is 5.75 Å². The van der Waals surface area contributed by atoms with Crippen molar-refractivity contribution in [3.05, 3.63) is 110 Å². The summed E-state index contributed by atoms with van der Waals surface area (Å²) in [5.41, 5.74) is 5.62. The minimum Gasteiger partial charge on any atom is -0.493 e. The van der Waals surface area contributed by atoms with Crippen molar-refractivity contribution < 1.29 is 27.1 Å². The van der Waals surface area contributed by atoms with Gasteiger partial charge in [0.1, 0.15) is 11.6 Å². The minimum absolute atomic E-state index is 0.0140. The van der Waals surface area contributed by atoms with Gasteiger partial charge in [-0.2, -0.15) is 4.39 Å². The molecule has 0 saturated carbocycles. The Morgan fingerprint density at radius 2 is 1.87 bits per heavy atom. The van der Waals surface area contributed by atoms with Crippen LogP contribution in [-0.2, 0) is 19.3 Å². The van der Waals surface area contributed by atoms with Crippen LogP contribution in [0.1, 0.15) is 75.5 Å². The molecule has 1 unspecified atom stereocenters. The van der Waals surface area contributed by atoms with E-state index in [1.54, 1.807) is 12.1 Å². The Labute approximate surface area is 298 Å². The van der Waals surface area contributed by atoms with E-state index in [9.17, 15) is 22.8 Å². The number of methoxy groups -OCH3 is 1. The van der Waals surface area contributed by atoms with E-state index in [1.165, 1.54) is 36.6 Å². The number of aromatic nitrogens is 4. The normalized spacial score (nSPS) is 17.6. The molecule has 1 fully saturated rings. The van der Waals surface area contributed by atoms with Crippen molar-refractivity contribution in [2.75, 3.05) is 19.0 Å². The number of hydrogen-bond donors (Lipinski definition) is 2. The number of H-pyrrole nitrogens is 1. The van der Waals surface area contributed by atoms with Crippen LogP contribution in [0.25, 0.3) is 32.0 Å². The van der Waals surface area contributed by atoms with Gasteiger partial charge in [0.05, 0.1) is 46.4 Å². The zero-order valence-electron chi connectivity index (χ0n) is 28.1. The second-order valence-electron chi connectivity index (χ2n) is 13.4. The number of aromatic amines is 1. The lowest BCUT2D eigenvalue weighted by molar-refractivity contribution is 0.0776. The number of halogens is 3. The Hall–Kier alpha value is -5.50. The number of ether oxygens (including phenoxy) is 1. The molecule has 10 nitrogen and oxygen atoms in total. The van der Waals surface area contributed by atoms with Gasteiger partial charge in [-0.15, -0.1) is 16.4 Å². The van der Waals surface area contributed by atoms with Crippen LogP contribution < -0.4 is 15.8 Å². The van der Waals surface area contributed by atoms with E-state index in [0.717, 1.165) is 39.1 Å². The predicted octanol–water partition coefficient (Wildman–Crippen LogP) is 7.61. The van der Waals surface area contributed by atoms with Crippen LogP contribution in [0.4, 0.5) is 19.0 Å². The summed E-state index contributed by atoms with van der Waals surface area (Å²) in [5.74, 6) is -2.69. The first-order valence-corrected chi connectivity index (χ1v) is 17.9. The molecule has 2 aliphatic heterocycles. The highest BCUT2D eigenvalue weighted by molar-refractivity contribution is 7.23. The quantitative estimate of drug-likeness (QED) is 0.164. The molecular formula is C38H31F3N6O4S. The van der Waals surface area contributed by atoms with Crippen LogP contribution >= 0.6 is 11.3 Å². The Morgan fingerprint density at radius 3 is 2.63 bits per heavy atom. The van der Waals surface area contributed by atoms with Crippen molar-refractivity contribution in [1.29, 1.82) is 0 Å². The number of thiophene rings is 1. The Morgan fingerprint density at radius 1 is 1.04 bits per heavy atom. The molecule has 2 atom stereocenters. The number of pyridine rings is 2. The van der Waals surface area contributed by atoms with E-state index in [2.05, 4.69) is 15.5 Å². The zero-order valence-corrected chi connectivity index (χ0v) is 28.9. The molecule has 0 radical (unpaired) electrons. The number of amides is 1. The fraction of sp³-hybridized carbons (Fsp3) is 0.289. The summed E-state index contributed by atoms with van der Waals surface area (Å²) >= 11 is 1.42. The van der Waals surface area contributed by atoms with Crippen molar-refractivity contribution in [3.8, 4) is 27.6 Å². The molecule has 2 aromatic carbocycles. The van der Waals surface area contributed by atoms with Crippen molar-refractivity contribution in [3.63, 3.8) is 0 Å². The molecule has 14 heteroatoms. The molecule has 0 spiro atoms. The minimum atomic E-state index is -0.999. The van der Waals surface area contributed by atoms with E-state index in [4.69, 9.17) is 19.1 Å². The fourth-order valence-electron chi connectivity index (χ4n) is 8.06. The Bertz CT molecular complexity index is 2490. The highest BCUT2D eigenvalue weighted by Crippen LogP contribution is 2.51. The number of rotatable bonds is 8. The third kappa shape index (κ3) is 5.18. The second-order valence-corrected chi connectivity index (χ2v) is 14.5. The molecule has 1 aliphatic carbocycles. The lowest BCUT2D eigenvalue weighted by Crippen LogP contribution is -2.22. The average molecular weight is 725 g/mol. The number of benzene rings is 2. The van der Waals surface area contributed by atoms with Crippen molar-refractivity contribution in [2.24, 2.45) is 0 Å². The topological polar surface area (TPSA) is 126 Å². The van der Waals surface area contributed by atoms with Crippen LogP contribution in [0.3, 0.4) is 0 Å². The molecule has 4 aromatic heterocycles. The summed E-state index contributed by atoms with van der Waals surface area (Å²) in [6.45, 7) is 2.49. The number of nitrogens with zero attached hydrogens (tertiary/aromatic N) is 4. The van der Waals surface area contributed by atoms with Crippen molar-refractivity contribution >= 4 is 33.1 Å². The third-order valence-corrected chi connectivity index (χ3v) is 11.5. The molecule has 6 heterocycles. The summed E-state index contributed by atoms with van der Waals surface area (Å²) in [5, 5.41) is 10.9. The van der Waals surface area contributed by atoms with Gasteiger partial charge in [0.15, 0.2) is 11.6 Å². The van der Waals surface area contributed by atoms with Crippen LogP contribution in [0, 0.1) is 24.4 Å². The maximum absolute atomic E-state index is 14.7. The van der Waals surface area contributed by atoms with Crippen molar-refractivity contribution in [1.82, 2.24) is 25.1 Å². The molecule has 1 amide bonds. The summed E-state index contributed by atoms with van der Waals surface area (Å²) < 4.78 is 54.6. The average Bonchev–Trinajstić information content (AvgIpc) is 3.97. The number of carbonyl (C=O) groups is 1. The SMILES string of the molecule is COc1c(F)c(F)cc2c1CC[C@@H]2Nc1nc(C)cc2cc(-c3c4c(nc(CCc5ccc(F)cc5)c3-c3n[nH]c(=O)o3)C3CCCN3C4=O)sc12. The maximum atomic E-state index is 14.7. The molecule has 264 valence electrons. The molecule has 3 aliphatic rings. The van der Waals surface area contributed by atoms with Crippen LogP contribution in [-0.4, -0.2) is 44.6 Å². The molecule has 52 heavy (non-hydrogen) atoms. The van der Waals surface area contributed by atoms with Crippen LogP contribution in [0.15, 0.2) is 51.7 Å². The first kappa shape index (κ1) is 32.4. The molecule has 1 saturated heterocycles. The van der Waals surface area contributed by atoms with Gasteiger partial charge < -0.3 is 19.4 Å². The number of aryl methyl sites for hydroxylation is 3. The first-order valence-electron chi connectivity index (χ1n) is 17.1. The number of anilines is 1. The molecule has 9 rings (SSSR count). The van der Waals surface area contributed by atoms with E-state index in [0.29, 0.717) is 77.3 Å². The van der Waals surface area contributed by atoms with Crippen LogP contribution in [0.2, 0.25) is 0 Å². The number of fused-ring (bicyclic) bond motifs is 5. The highest BCUT2D eigenvalue weighted by atomic mass is 32.1. The van der Waals surface area contributed by atoms with Gasteiger partial charge in [-0.3, -0.25) is 9.78 Å². The van der Waals surface area contributed by atoms with Gasteiger partial charge in [0, 0.05) is 28.2 Å². The monoisotopic (exact) mass is 724 g/mol. The maximum Gasteiger partial charge on any atom is 0.434 e. The van der Waals surface area contributed by atoms with Gasteiger partial charge in [-0.1, -0.05) is 12.1 Å². The van der Waals surface area contributed by atoms with E-state index >= 15 is 0 Å². The van der Waals surface area contributed by atoms with E-state index in [1.807, 2.05) is 24.0 Å². The van der Waals surface area contributed by atoms with Gasteiger partial charge in [-0.25, -0.2) is 23.7 Å². The highest BCUT2D eigenvalue weighted by Gasteiger charge is 2.45. The molecule has 0 bridgehead atoms. The number of hydrogen-bond acceptors (Lipinski definition) is 9. The Kier molecular flexibility index (Phi) is 7.68. The zero-order chi connectivity index (χ0) is 35.8. The second kappa shape index (κ2) is 12.3. The smallest absolute Gasteiger partial charge is 0.434 e. The molecule has 6 aromatic rings. The first-order chi connectivity index (χ1) is 25.2. The number of nitrogens with one attached hydrogen (secondary N) is 2. The largest absolute Gasteiger partial charge is 0.493 e. The Balaban J connectivity index is 1.21. The standard InChI is InChI=1S/C38H31F3N6O4S/c1-17-14-19-15-27(52-34(19)35(42-17)44-24-12-10-21-22(24)16-23(40)31(41)33(21)50-2)29-28(36-45-46-38(49)51-36)25(11-7-18-5-8-20(39)9-6-18)43-32-26-4-3-13-47(26)37(48)30(29)32/h5-6,8-9,14-16,24,26H,3-4,7,10-13H2,1-2H3,(H,42,44)(H,46,49)/t24-,26?/m0/s1. The lowest BCUT2D eigenvalue weighted by atomic mass is 9.93. The van der Waals surface area contributed by atoms with Gasteiger partial charge in [-0.05, 0) is 92.3 Å². The fourth-order valence-corrected chi connectivity index (χ4v) is 9.21. The summed E-state index contributed by atoms with van der Waals surface area (Å²) in [4.78, 5) is 39.1. The third-order valence-electron chi connectivity index (χ3n) is 10.3. The van der Waals surface area contributed by atoms with Gasteiger partial charge in [0.25, 0.3) is 11.8 Å². The summed E-state index contributed by atoms with van der Waals surface area (Å²) in [6.07, 6.45) is 3.63. The molecule has 2 N–H and O–H groups in total. The molecular weight excluding hydrogens is 694 g/mol. The van der Waals surface area contributed by atoms with Gasteiger partial charge >= 0.3 is 5.76 Å². The lowest BCUT2D eigenvalue weighted by Gasteiger charge is -2.17. The van der Waals surface area contributed by atoms with Crippen molar-refractivity contribution in [2.45, 2.75) is 57.5 Å².